The summed E-state index contributed by atoms with van der Waals surface area (Å²) in [6, 6.07) is 14.9. The number of carbonyl (C=O) groups excluding carboxylic acids is 1. The number of esters is 1. The molecule has 0 spiro atoms. The van der Waals surface area contributed by atoms with Crippen molar-refractivity contribution in [2.45, 2.75) is 6.61 Å². The summed E-state index contributed by atoms with van der Waals surface area (Å²) in [5.74, 6) is 0.437. The van der Waals surface area contributed by atoms with Crippen molar-refractivity contribution >= 4 is 17.3 Å². The van der Waals surface area contributed by atoms with Gasteiger partial charge in [-0.3, -0.25) is 15.1 Å². The molecule has 1 aliphatic heterocycles. The first-order valence-corrected chi connectivity index (χ1v) is 10.1. The number of nitro benzene ring substituents is 1. The van der Waals surface area contributed by atoms with E-state index < -0.39 is 10.9 Å². The van der Waals surface area contributed by atoms with Crippen LogP contribution in [0.3, 0.4) is 0 Å². The van der Waals surface area contributed by atoms with E-state index in [0.29, 0.717) is 49.1 Å². The van der Waals surface area contributed by atoms with Crippen molar-refractivity contribution in [3.8, 4) is 11.5 Å². The standard InChI is InChI=1S/C23H21N3O6/c27-23(20-14-18(26(28)29)7-8-21(20)25-10-12-30-13-11-25)31-16-17-4-1-2-6-22(17)32-19-5-3-9-24-15-19/h1-9,14-15H,10-13,16H2. The highest BCUT2D eigenvalue weighted by Gasteiger charge is 2.23. The lowest BCUT2D eigenvalue weighted by Crippen LogP contribution is -2.37. The number of nitrogens with zero attached hydrogens (tertiary/aromatic N) is 3. The number of nitro groups is 1. The maximum atomic E-state index is 13.0. The normalized spacial score (nSPS) is 13.4. The fraction of sp³-hybridized carbons (Fsp3) is 0.217. The number of hydrogen-bond donors (Lipinski definition) is 0. The smallest absolute Gasteiger partial charge is 0.340 e. The number of pyridine rings is 1. The minimum absolute atomic E-state index is 0.0550. The molecule has 9 heteroatoms. The highest BCUT2D eigenvalue weighted by atomic mass is 16.6. The molecule has 32 heavy (non-hydrogen) atoms. The number of morpholine rings is 1. The number of carbonyl (C=O) groups is 1. The molecule has 4 rings (SSSR count). The number of ether oxygens (including phenoxy) is 3. The third-order valence-corrected chi connectivity index (χ3v) is 4.96. The molecule has 3 aromatic rings. The summed E-state index contributed by atoms with van der Waals surface area (Å²) >= 11 is 0. The molecule has 0 bridgehead atoms. The summed E-state index contributed by atoms with van der Waals surface area (Å²) in [5, 5.41) is 11.3. The van der Waals surface area contributed by atoms with Crippen molar-refractivity contribution in [1.29, 1.82) is 0 Å². The summed E-state index contributed by atoms with van der Waals surface area (Å²) in [7, 11) is 0. The zero-order valence-electron chi connectivity index (χ0n) is 17.2. The SMILES string of the molecule is O=C(OCc1ccccc1Oc1cccnc1)c1cc([N+](=O)[O-])ccc1N1CCOCC1. The molecule has 1 aromatic heterocycles. The first kappa shape index (κ1) is 21.3. The van der Waals surface area contributed by atoms with Gasteiger partial charge in [0.15, 0.2) is 0 Å². The van der Waals surface area contributed by atoms with Gasteiger partial charge in [0, 0.05) is 37.0 Å². The van der Waals surface area contributed by atoms with Crippen molar-refractivity contribution in [3.63, 3.8) is 0 Å². The highest BCUT2D eigenvalue weighted by Crippen LogP contribution is 2.29. The van der Waals surface area contributed by atoms with Crippen LogP contribution < -0.4 is 9.64 Å². The fourth-order valence-electron chi connectivity index (χ4n) is 3.36. The van der Waals surface area contributed by atoms with Crippen LogP contribution in [-0.4, -0.2) is 42.2 Å². The molecule has 1 aliphatic rings. The first-order chi connectivity index (χ1) is 15.6. The van der Waals surface area contributed by atoms with Gasteiger partial charge >= 0.3 is 5.97 Å². The van der Waals surface area contributed by atoms with Crippen LogP contribution in [-0.2, 0) is 16.1 Å². The van der Waals surface area contributed by atoms with E-state index in [-0.39, 0.29) is 17.9 Å². The number of anilines is 1. The van der Waals surface area contributed by atoms with E-state index in [1.165, 1.54) is 12.1 Å². The summed E-state index contributed by atoms with van der Waals surface area (Å²) < 4.78 is 16.8. The lowest BCUT2D eigenvalue weighted by atomic mass is 10.1. The average molecular weight is 435 g/mol. The van der Waals surface area contributed by atoms with Gasteiger partial charge in [0.05, 0.1) is 35.6 Å². The molecule has 0 atom stereocenters. The lowest BCUT2D eigenvalue weighted by molar-refractivity contribution is -0.384. The third kappa shape index (κ3) is 5.01. The maximum Gasteiger partial charge on any atom is 0.340 e. The van der Waals surface area contributed by atoms with Crippen molar-refractivity contribution in [3.05, 3.63) is 88.2 Å². The third-order valence-electron chi connectivity index (χ3n) is 4.96. The molecule has 0 unspecified atom stereocenters. The first-order valence-electron chi connectivity index (χ1n) is 10.1. The molecule has 0 amide bonds. The molecule has 1 saturated heterocycles. The number of para-hydroxylation sites is 1. The molecule has 0 aliphatic carbocycles. The molecular weight excluding hydrogens is 414 g/mol. The molecule has 0 saturated carbocycles. The Morgan fingerprint density at radius 3 is 2.69 bits per heavy atom. The number of benzene rings is 2. The van der Waals surface area contributed by atoms with Crippen LogP contribution in [0, 0.1) is 10.1 Å². The summed E-state index contributed by atoms with van der Waals surface area (Å²) in [4.78, 5) is 29.7. The van der Waals surface area contributed by atoms with Crippen molar-refractivity contribution in [1.82, 2.24) is 4.98 Å². The van der Waals surface area contributed by atoms with Crippen LogP contribution in [0.5, 0.6) is 11.5 Å². The fourth-order valence-corrected chi connectivity index (χ4v) is 3.36. The summed E-state index contributed by atoms with van der Waals surface area (Å²) in [6.45, 7) is 2.15. The van der Waals surface area contributed by atoms with Gasteiger partial charge in [-0.15, -0.1) is 0 Å². The van der Waals surface area contributed by atoms with Gasteiger partial charge in [-0.05, 0) is 24.3 Å². The van der Waals surface area contributed by atoms with Gasteiger partial charge in [-0.1, -0.05) is 18.2 Å². The van der Waals surface area contributed by atoms with E-state index in [4.69, 9.17) is 14.2 Å². The van der Waals surface area contributed by atoms with Gasteiger partial charge in [0.1, 0.15) is 18.1 Å². The van der Waals surface area contributed by atoms with Gasteiger partial charge < -0.3 is 19.1 Å². The quantitative estimate of drug-likeness (QED) is 0.312. The lowest BCUT2D eigenvalue weighted by Gasteiger charge is -2.30. The van der Waals surface area contributed by atoms with Crippen LogP contribution in [0.4, 0.5) is 11.4 Å². The Balaban J connectivity index is 1.54. The van der Waals surface area contributed by atoms with Crippen molar-refractivity contribution < 1.29 is 23.9 Å². The highest BCUT2D eigenvalue weighted by molar-refractivity contribution is 5.96. The molecule has 9 nitrogen and oxygen atoms in total. The van der Waals surface area contributed by atoms with E-state index in [1.807, 2.05) is 17.0 Å². The number of hydrogen-bond acceptors (Lipinski definition) is 8. The van der Waals surface area contributed by atoms with E-state index in [0.717, 1.165) is 0 Å². The largest absolute Gasteiger partial charge is 0.457 e. The molecule has 164 valence electrons. The van der Waals surface area contributed by atoms with Crippen LogP contribution >= 0.6 is 0 Å². The van der Waals surface area contributed by atoms with Crippen LogP contribution in [0.1, 0.15) is 15.9 Å². The molecule has 0 N–H and O–H groups in total. The zero-order valence-corrected chi connectivity index (χ0v) is 17.2. The second-order valence-corrected chi connectivity index (χ2v) is 7.03. The Morgan fingerprint density at radius 2 is 1.94 bits per heavy atom. The Hall–Kier alpha value is -3.98. The Labute approximate surface area is 184 Å². The molecule has 2 aromatic carbocycles. The van der Waals surface area contributed by atoms with Crippen LogP contribution in [0.15, 0.2) is 67.0 Å². The summed E-state index contributed by atoms with van der Waals surface area (Å²) in [6.07, 6.45) is 3.23. The van der Waals surface area contributed by atoms with E-state index >= 15 is 0 Å². The predicted octanol–water partition coefficient (Wildman–Crippen LogP) is 3.98. The number of non-ortho nitro benzene ring substituents is 1. The summed E-state index contributed by atoms with van der Waals surface area (Å²) in [5.41, 5.74) is 1.22. The van der Waals surface area contributed by atoms with Crippen LogP contribution in [0.2, 0.25) is 0 Å². The van der Waals surface area contributed by atoms with E-state index in [9.17, 15) is 14.9 Å². The minimum Gasteiger partial charge on any atom is -0.457 e. The van der Waals surface area contributed by atoms with E-state index in [1.54, 1.807) is 42.7 Å². The Bertz CT molecular complexity index is 1100. The van der Waals surface area contributed by atoms with Crippen molar-refractivity contribution in [2.24, 2.45) is 0 Å². The Morgan fingerprint density at radius 1 is 1.12 bits per heavy atom. The van der Waals surface area contributed by atoms with Crippen molar-refractivity contribution in [2.75, 3.05) is 31.2 Å². The monoisotopic (exact) mass is 435 g/mol. The maximum absolute atomic E-state index is 13.0. The molecule has 0 radical (unpaired) electrons. The average Bonchev–Trinajstić information content (AvgIpc) is 2.84. The molecule has 1 fully saturated rings. The topological polar surface area (TPSA) is 104 Å². The number of aromatic nitrogens is 1. The predicted molar refractivity (Wildman–Crippen MR) is 116 cm³/mol. The van der Waals surface area contributed by atoms with Gasteiger partial charge in [-0.25, -0.2) is 4.79 Å². The van der Waals surface area contributed by atoms with Gasteiger partial charge in [-0.2, -0.15) is 0 Å². The minimum atomic E-state index is -0.647. The van der Waals surface area contributed by atoms with E-state index in [2.05, 4.69) is 4.98 Å². The second kappa shape index (κ2) is 9.88. The van der Waals surface area contributed by atoms with Gasteiger partial charge in [0.2, 0.25) is 0 Å². The number of rotatable bonds is 7. The molecular formula is C23H21N3O6. The second-order valence-electron chi connectivity index (χ2n) is 7.03. The Kier molecular flexibility index (Phi) is 6.57. The van der Waals surface area contributed by atoms with Crippen LogP contribution in [0.25, 0.3) is 0 Å². The zero-order chi connectivity index (χ0) is 22.3. The van der Waals surface area contributed by atoms with Gasteiger partial charge in [0.25, 0.3) is 5.69 Å². The molecule has 2 heterocycles.